The lowest BCUT2D eigenvalue weighted by Crippen LogP contribution is -2.21. The first-order valence-electron chi connectivity index (χ1n) is 9.16. The average Bonchev–Trinajstić information content (AvgIpc) is 3.38. The molecular weight excluding hydrogens is 390 g/mol. The molecule has 1 aromatic carbocycles. The Hall–Kier alpha value is -3.33. The molecule has 9 heteroatoms. The van der Waals surface area contributed by atoms with Gasteiger partial charge in [-0.2, -0.15) is 9.50 Å². The molecule has 3 aromatic heterocycles. The Bertz CT molecular complexity index is 1200. The molecule has 0 bridgehead atoms. The number of hydrogen-bond donors (Lipinski definition) is 1. The van der Waals surface area contributed by atoms with E-state index in [1.165, 1.54) is 28.6 Å². The Morgan fingerprint density at radius 1 is 1.24 bits per heavy atom. The average molecular weight is 409 g/mol. The number of para-hydroxylation sites is 1. The van der Waals surface area contributed by atoms with Crippen LogP contribution in [0.25, 0.3) is 5.78 Å². The second-order valence-electron chi connectivity index (χ2n) is 6.32. The van der Waals surface area contributed by atoms with Crippen molar-refractivity contribution in [3.63, 3.8) is 0 Å². The number of aryl methyl sites for hydroxylation is 1. The fraction of sp³-hybridized carbons (Fsp3) is 0.200. The summed E-state index contributed by atoms with van der Waals surface area (Å²) in [6, 6.07) is 12.3. The maximum Gasteiger partial charge on any atom is 0.291 e. The summed E-state index contributed by atoms with van der Waals surface area (Å²) in [6.07, 6.45) is 3.98. The number of carbonyl (C=O) groups is 1. The normalized spacial score (nSPS) is 11.1. The summed E-state index contributed by atoms with van der Waals surface area (Å²) in [5, 5.41) is 2.85. The van der Waals surface area contributed by atoms with Crippen LogP contribution in [0.5, 0.6) is 0 Å². The highest BCUT2D eigenvalue weighted by molar-refractivity contribution is 7.98. The Balaban J connectivity index is 1.52. The quantitative estimate of drug-likeness (QED) is 0.470. The van der Waals surface area contributed by atoms with Gasteiger partial charge in [0, 0.05) is 23.3 Å². The van der Waals surface area contributed by atoms with E-state index in [9.17, 15) is 9.59 Å². The van der Waals surface area contributed by atoms with Gasteiger partial charge in [0.1, 0.15) is 6.33 Å². The number of thioether (sulfide) groups is 1. The molecule has 0 atom stereocenters. The van der Waals surface area contributed by atoms with Crippen LogP contribution in [0.15, 0.2) is 69.2 Å². The van der Waals surface area contributed by atoms with Crippen LogP contribution in [-0.4, -0.2) is 25.1 Å². The van der Waals surface area contributed by atoms with Gasteiger partial charge in [0.15, 0.2) is 5.76 Å². The van der Waals surface area contributed by atoms with Crippen LogP contribution in [-0.2, 0) is 12.3 Å². The van der Waals surface area contributed by atoms with Crippen molar-refractivity contribution in [2.45, 2.75) is 30.5 Å². The van der Waals surface area contributed by atoms with Crippen LogP contribution in [0.1, 0.15) is 29.6 Å². The predicted octanol–water partition coefficient (Wildman–Crippen LogP) is 3.44. The second kappa shape index (κ2) is 8.36. The van der Waals surface area contributed by atoms with Crippen molar-refractivity contribution in [1.82, 2.24) is 19.2 Å². The highest BCUT2D eigenvalue weighted by Crippen LogP contribution is 2.29. The number of benzene rings is 1. The number of amides is 1. The zero-order valence-corrected chi connectivity index (χ0v) is 16.6. The SMILES string of the molecule is CCCn1cnc2nc(CSc3ccccc3NC(=O)c3ccco3)cc(=O)n21. The van der Waals surface area contributed by atoms with Crippen LogP contribution in [0, 0.1) is 0 Å². The maximum absolute atomic E-state index is 12.5. The van der Waals surface area contributed by atoms with Crippen LogP contribution in [0.4, 0.5) is 5.69 Å². The third-order valence-electron chi connectivity index (χ3n) is 4.20. The van der Waals surface area contributed by atoms with E-state index in [2.05, 4.69) is 15.3 Å². The van der Waals surface area contributed by atoms with Gasteiger partial charge in [-0.25, -0.2) is 4.98 Å². The molecule has 29 heavy (non-hydrogen) atoms. The van der Waals surface area contributed by atoms with Crippen molar-refractivity contribution in [3.8, 4) is 0 Å². The molecule has 148 valence electrons. The number of nitrogens with zero attached hydrogens (tertiary/aromatic N) is 4. The Kier molecular flexibility index (Phi) is 5.48. The van der Waals surface area contributed by atoms with E-state index in [0.29, 0.717) is 29.5 Å². The van der Waals surface area contributed by atoms with Crippen molar-refractivity contribution < 1.29 is 9.21 Å². The van der Waals surface area contributed by atoms with Gasteiger partial charge in [-0.15, -0.1) is 11.8 Å². The smallest absolute Gasteiger partial charge is 0.291 e. The lowest BCUT2D eigenvalue weighted by Gasteiger charge is -2.10. The molecule has 0 saturated carbocycles. The largest absolute Gasteiger partial charge is 0.459 e. The maximum atomic E-state index is 12.5. The summed E-state index contributed by atoms with van der Waals surface area (Å²) in [6.45, 7) is 2.74. The van der Waals surface area contributed by atoms with E-state index >= 15 is 0 Å². The Morgan fingerprint density at radius 3 is 2.90 bits per heavy atom. The van der Waals surface area contributed by atoms with Gasteiger partial charge in [-0.3, -0.25) is 14.3 Å². The number of anilines is 1. The summed E-state index contributed by atoms with van der Waals surface area (Å²) < 4.78 is 8.38. The van der Waals surface area contributed by atoms with Crippen molar-refractivity contribution in [3.05, 3.63) is 76.9 Å². The molecule has 8 nitrogen and oxygen atoms in total. The molecule has 4 aromatic rings. The number of furan rings is 1. The second-order valence-corrected chi connectivity index (χ2v) is 7.34. The van der Waals surface area contributed by atoms with E-state index in [-0.39, 0.29) is 17.2 Å². The first kappa shape index (κ1) is 19.0. The molecule has 3 heterocycles. The monoisotopic (exact) mass is 409 g/mol. The van der Waals surface area contributed by atoms with Crippen molar-refractivity contribution in [1.29, 1.82) is 0 Å². The zero-order valence-electron chi connectivity index (χ0n) is 15.7. The molecule has 0 aliphatic carbocycles. The van der Waals surface area contributed by atoms with Crippen LogP contribution in [0.3, 0.4) is 0 Å². The molecule has 0 radical (unpaired) electrons. The first-order chi connectivity index (χ1) is 14.2. The van der Waals surface area contributed by atoms with Gasteiger partial charge in [-0.1, -0.05) is 19.1 Å². The summed E-state index contributed by atoms with van der Waals surface area (Å²) in [5.74, 6) is 0.788. The fourth-order valence-corrected chi connectivity index (χ4v) is 3.81. The third-order valence-corrected chi connectivity index (χ3v) is 5.31. The standard InChI is InChI=1S/C20H19N5O3S/c1-2-9-24-13-21-20-22-14(11-18(26)25(20)24)12-29-17-8-4-3-6-15(17)23-19(27)16-7-5-10-28-16/h3-8,10-11,13H,2,9,12H2,1H3,(H,23,27). The molecule has 1 N–H and O–H groups in total. The van der Waals surface area contributed by atoms with Crippen molar-refractivity contribution >= 4 is 29.1 Å². The number of fused-ring (bicyclic) bond motifs is 1. The first-order valence-corrected chi connectivity index (χ1v) is 10.1. The molecule has 0 aliphatic rings. The molecule has 0 unspecified atom stereocenters. The highest BCUT2D eigenvalue weighted by atomic mass is 32.2. The van der Waals surface area contributed by atoms with E-state index in [1.807, 2.05) is 31.2 Å². The molecule has 0 spiro atoms. The lowest BCUT2D eigenvalue weighted by atomic mass is 10.3. The third kappa shape index (κ3) is 4.09. The fourth-order valence-electron chi connectivity index (χ4n) is 2.91. The van der Waals surface area contributed by atoms with Crippen molar-refractivity contribution in [2.24, 2.45) is 0 Å². The minimum Gasteiger partial charge on any atom is -0.459 e. The number of aromatic nitrogens is 4. The minimum absolute atomic E-state index is 0.157. The zero-order chi connectivity index (χ0) is 20.2. The van der Waals surface area contributed by atoms with Crippen molar-refractivity contribution in [2.75, 3.05) is 5.32 Å². The molecule has 1 amide bonds. The minimum atomic E-state index is -0.317. The van der Waals surface area contributed by atoms with E-state index in [0.717, 1.165) is 11.3 Å². The Morgan fingerprint density at radius 2 is 2.10 bits per heavy atom. The van der Waals surface area contributed by atoms with E-state index < -0.39 is 0 Å². The van der Waals surface area contributed by atoms with Crippen LogP contribution >= 0.6 is 11.8 Å². The summed E-state index contributed by atoms with van der Waals surface area (Å²) in [5.41, 5.74) is 1.15. The molecular formula is C20H19N5O3S. The number of rotatable bonds is 7. The number of hydrogen-bond acceptors (Lipinski definition) is 6. The van der Waals surface area contributed by atoms with E-state index in [1.54, 1.807) is 23.1 Å². The summed E-state index contributed by atoms with van der Waals surface area (Å²) in [4.78, 5) is 34.4. The van der Waals surface area contributed by atoms with Gasteiger partial charge in [0.25, 0.3) is 17.2 Å². The Labute approximate surface area is 170 Å². The summed E-state index contributed by atoms with van der Waals surface area (Å²) in [7, 11) is 0. The van der Waals surface area contributed by atoms with Crippen LogP contribution in [0.2, 0.25) is 0 Å². The van der Waals surface area contributed by atoms with Gasteiger partial charge >= 0.3 is 0 Å². The predicted molar refractivity (Wildman–Crippen MR) is 110 cm³/mol. The van der Waals surface area contributed by atoms with Gasteiger partial charge in [-0.05, 0) is 30.7 Å². The number of carbonyl (C=O) groups excluding carboxylic acids is 1. The summed E-state index contributed by atoms with van der Waals surface area (Å²) >= 11 is 1.48. The molecule has 0 aliphatic heterocycles. The molecule has 0 fully saturated rings. The molecule has 4 rings (SSSR count). The number of nitrogens with one attached hydrogen (secondary N) is 1. The lowest BCUT2D eigenvalue weighted by molar-refractivity contribution is 0.0996. The van der Waals surface area contributed by atoms with Crippen LogP contribution < -0.4 is 10.9 Å². The van der Waals surface area contributed by atoms with Gasteiger partial charge < -0.3 is 9.73 Å². The topological polar surface area (TPSA) is 94.4 Å². The molecule has 0 saturated heterocycles. The van der Waals surface area contributed by atoms with Gasteiger partial charge in [0.2, 0.25) is 0 Å². The van der Waals surface area contributed by atoms with E-state index in [4.69, 9.17) is 4.42 Å². The van der Waals surface area contributed by atoms with Gasteiger partial charge in [0.05, 0.1) is 17.6 Å². The highest BCUT2D eigenvalue weighted by Gasteiger charge is 2.13.